The maximum absolute atomic E-state index is 5.32. The number of ether oxygens (including phenoxy) is 2. The van der Waals surface area contributed by atoms with E-state index in [0.29, 0.717) is 0 Å². The molecule has 2 aromatic carbocycles. The molecule has 0 aliphatic carbocycles. The molecule has 0 spiro atoms. The Hall–Kier alpha value is -2.20. The molecule has 0 aromatic heterocycles. The molecule has 2 aromatic rings. The normalized spacial score (nSPS) is 15.5. The van der Waals surface area contributed by atoms with Crippen LogP contribution in [0.4, 0.5) is 5.69 Å². The van der Waals surface area contributed by atoms with E-state index in [1.165, 1.54) is 11.3 Å². The van der Waals surface area contributed by atoms with Crippen molar-refractivity contribution in [1.29, 1.82) is 0 Å². The van der Waals surface area contributed by atoms with Crippen LogP contribution in [0, 0.1) is 0 Å². The smallest absolute Gasteiger partial charge is 0.120 e. The molecule has 0 N–H and O–H groups in total. The van der Waals surface area contributed by atoms with Gasteiger partial charge in [0, 0.05) is 44.5 Å². The maximum atomic E-state index is 5.32. The third-order valence-corrected chi connectivity index (χ3v) is 4.36. The van der Waals surface area contributed by atoms with Crippen LogP contribution in [0.1, 0.15) is 5.56 Å². The Morgan fingerprint density at radius 3 is 2.17 bits per heavy atom. The van der Waals surface area contributed by atoms with E-state index in [-0.39, 0.29) is 0 Å². The number of hydrogen-bond acceptors (Lipinski definition) is 4. The van der Waals surface area contributed by atoms with Gasteiger partial charge in [-0.15, -0.1) is 0 Å². The van der Waals surface area contributed by atoms with E-state index >= 15 is 0 Å². The number of rotatable bonds is 5. The van der Waals surface area contributed by atoms with Crippen molar-refractivity contribution in [3.8, 4) is 11.5 Å². The van der Waals surface area contributed by atoms with Crippen molar-refractivity contribution in [2.45, 2.75) is 6.54 Å². The summed E-state index contributed by atoms with van der Waals surface area (Å²) in [4.78, 5) is 4.92. The highest BCUT2D eigenvalue weighted by molar-refractivity contribution is 5.51. The summed E-state index contributed by atoms with van der Waals surface area (Å²) in [6.45, 7) is 5.23. The first kappa shape index (κ1) is 15.7. The number of anilines is 1. The first-order valence-corrected chi connectivity index (χ1v) is 8.03. The van der Waals surface area contributed by atoms with Gasteiger partial charge in [0.2, 0.25) is 0 Å². The summed E-state index contributed by atoms with van der Waals surface area (Å²) in [5, 5.41) is 0. The molecule has 1 aliphatic heterocycles. The third-order valence-electron chi connectivity index (χ3n) is 4.36. The van der Waals surface area contributed by atoms with E-state index in [4.69, 9.17) is 9.47 Å². The van der Waals surface area contributed by atoms with Crippen molar-refractivity contribution >= 4 is 5.69 Å². The zero-order valence-electron chi connectivity index (χ0n) is 13.9. The zero-order chi connectivity index (χ0) is 16.1. The molecule has 1 heterocycles. The highest BCUT2D eigenvalue weighted by atomic mass is 16.5. The van der Waals surface area contributed by atoms with Crippen LogP contribution in [-0.2, 0) is 6.54 Å². The second-order valence-corrected chi connectivity index (χ2v) is 5.81. The topological polar surface area (TPSA) is 24.9 Å². The predicted octanol–water partition coefficient (Wildman–Crippen LogP) is 3.03. The molecular weight excluding hydrogens is 288 g/mol. The average Bonchev–Trinajstić information content (AvgIpc) is 2.63. The van der Waals surface area contributed by atoms with Crippen molar-refractivity contribution < 1.29 is 9.47 Å². The Bertz CT molecular complexity index is 620. The predicted molar refractivity (Wildman–Crippen MR) is 93.5 cm³/mol. The molecule has 0 atom stereocenters. The van der Waals surface area contributed by atoms with Crippen molar-refractivity contribution in [2.75, 3.05) is 45.3 Å². The van der Waals surface area contributed by atoms with Crippen LogP contribution in [-0.4, -0.2) is 45.3 Å². The second kappa shape index (κ2) is 7.38. The summed E-state index contributed by atoms with van der Waals surface area (Å²) < 4.78 is 10.5. The zero-order valence-corrected chi connectivity index (χ0v) is 13.9. The van der Waals surface area contributed by atoms with Crippen LogP contribution in [0.15, 0.2) is 48.5 Å². The molecule has 4 nitrogen and oxygen atoms in total. The van der Waals surface area contributed by atoms with Gasteiger partial charge in [0.05, 0.1) is 14.2 Å². The highest BCUT2D eigenvalue weighted by Crippen LogP contribution is 2.22. The monoisotopic (exact) mass is 312 g/mol. The second-order valence-electron chi connectivity index (χ2n) is 5.81. The SMILES string of the molecule is COc1ccc(CN2CCN(c3cccc(OC)c3)CC2)cc1. The van der Waals surface area contributed by atoms with E-state index in [1.54, 1.807) is 14.2 Å². The fraction of sp³-hybridized carbons (Fsp3) is 0.368. The van der Waals surface area contributed by atoms with Crippen LogP contribution in [0.5, 0.6) is 11.5 Å². The first-order valence-electron chi connectivity index (χ1n) is 8.03. The summed E-state index contributed by atoms with van der Waals surface area (Å²) >= 11 is 0. The molecular formula is C19H24N2O2. The number of benzene rings is 2. The van der Waals surface area contributed by atoms with E-state index in [2.05, 4.69) is 40.1 Å². The van der Waals surface area contributed by atoms with Crippen LogP contribution < -0.4 is 14.4 Å². The lowest BCUT2D eigenvalue weighted by Gasteiger charge is -2.36. The van der Waals surface area contributed by atoms with Gasteiger partial charge in [0.1, 0.15) is 11.5 Å². The molecule has 1 fully saturated rings. The van der Waals surface area contributed by atoms with Crippen molar-refractivity contribution in [3.05, 3.63) is 54.1 Å². The Labute approximate surface area is 138 Å². The van der Waals surface area contributed by atoms with E-state index < -0.39 is 0 Å². The van der Waals surface area contributed by atoms with Gasteiger partial charge in [-0.3, -0.25) is 4.90 Å². The van der Waals surface area contributed by atoms with Gasteiger partial charge >= 0.3 is 0 Å². The van der Waals surface area contributed by atoms with Gasteiger partial charge in [-0.05, 0) is 29.8 Å². The lowest BCUT2D eigenvalue weighted by molar-refractivity contribution is 0.249. The molecule has 0 radical (unpaired) electrons. The lowest BCUT2D eigenvalue weighted by Crippen LogP contribution is -2.45. The summed E-state index contributed by atoms with van der Waals surface area (Å²) in [6.07, 6.45) is 0. The minimum atomic E-state index is 0.914. The van der Waals surface area contributed by atoms with E-state index in [9.17, 15) is 0 Å². The van der Waals surface area contributed by atoms with Crippen LogP contribution in [0.25, 0.3) is 0 Å². The maximum Gasteiger partial charge on any atom is 0.120 e. The van der Waals surface area contributed by atoms with Crippen molar-refractivity contribution in [3.63, 3.8) is 0 Å². The molecule has 3 rings (SSSR count). The van der Waals surface area contributed by atoms with Crippen molar-refractivity contribution in [1.82, 2.24) is 4.90 Å². The number of piperazine rings is 1. The summed E-state index contributed by atoms with van der Waals surface area (Å²) in [6, 6.07) is 16.7. The minimum Gasteiger partial charge on any atom is -0.497 e. The molecule has 122 valence electrons. The van der Waals surface area contributed by atoms with Crippen LogP contribution in [0.2, 0.25) is 0 Å². The Morgan fingerprint density at radius 1 is 0.826 bits per heavy atom. The van der Waals surface area contributed by atoms with Gasteiger partial charge in [0.25, 0.3) is 0 Å². The van der Waals surface area contributed by atoms with E-state index in [1.807, 2.05) is 18.2 Å². The van der Waals surface area contributed by atoms with Gasteiger partial charge in [0.15, 0.2) is 0 Å². The summed E-state index contributed by atoms with van der Waals surface area (Å²) in [7, 11) is 3.42. The molecule has 1 aliphatic rings. The quantitative estimate of drug-likeness (QED) is 0.847. The Morgan fingerprint density at radius 2 is 1.52 bits per heavy atom. The van der Waals surface area contributed by atoms with Crippen molar-refractivity contribution in [2.24, 2.45) is 0 Å². The molecule has 0 amide bonds. The third kappa shape index (κ3) is 3.96. The van der Waals surface area contributed by atoms with Gasteiger partial charge in [-0.1, -0.05) is 18.2 Å². The Kier molecular flexibility index (Phi) is 5.03. The van der Waals surface area contributed by atoms with Gasteiger partial charge in [-0.2, -0.15) is 0 Å². The minimum absolute atomic E-state index is 0.914. The Balaban J connectivity index is 1.55. The van der Waals surface area contributed by atoms with Crippen LogP contribution in [0.3, 0.4) is 0 Å². The summed E-state index contributed by atoms with van der Waals surface area (Å²) in [5.74, 6) is 1.83. The molecule has 4 heteroatoms. The van der Waals surface area contributed by atoms with E-state index in [0.717, 1.165) is 44.2 Å². The standard InChI is InChI=1S/C19H24N2O2/c1-22-18-8-6-16(7-9-18)15-20-10-12-21(13-11-20)17-4-3-5-19(14-17)23-2/h3-9,14H,10-13,15H2,1-2H3. The number of nitrogens with zero attached hydrogens (tertiary/aromatic N) is 2. The fourth-order valence-corrected chi connectivity index (χ4v) is 2.96. The molecule has 1 saturated heterocycles. The molecule has 0 saturated carbocycles. The number of hydrogen-bond donors (Lipinski definition) is 0. The van der Waals surface area contributed by atoms with Crippen LogP contribution >= 0.6 is 0 Å². The lowest BCUT2D eigenvalue weighted by atomic mass is 10.2. The highest BCUT2D eigenvalue weighted by Gasteiger charge is 2.17. The fourth-order valence-electron chi connectivity index (χ4n) is 2.96. The first-order chi connectivity index (χ1) is 11.3. The molecule has 0 bridgehead atoms. The number of methoxy groups -OCH3 is 2. The van der Waals surface area contributed by atoms with Gasteiger partial charge in [-0.25, -0.2) is 0 Å². The molecule has 23 heavy (non-hydrogen) atoms. The summed E-state index contributed by atoms with van der Waals surface area (Å²) in [5.41, 5.74) is 2.58. The molecule has 0 unspecified atom stereocenters. The van der Waals surface area contributed by atoms with Gasteiger partial charge < -0.3 is 14.4 Å². The average molecular weight is 312 g/mol. The largest absolute Gasteiger partial charge is 0.497 e.